The normalized spacial score (nSPS) is 30.7. The Kier molecular flexibility index (Phi) is 4.67. The highest BCUT2D eigenvalue weighted by molar-refractivity contribution is 7.99. The first-order valence-electron chi connectivity index (χ1n) is 5.15. The lowest BCUT2D eigenvalue weighted by Gasteiger charge is -2.10. The van der Waals surface area contributed by atoms with Crippen LogP contribution in [0, 0.1) is 5.92 Å². The SMILES string of the molecule is CS[C@@H]1C[C@@H](CCC(=O)C(F)(F)F)C[C@H]1O. The van der Waals surface area contributed by atoms with E-state index in [1.165, 1.54) is 11.8 Å². The van der Waals surface area contributed by atoms with Gasteiger partial charge in [-0.15, -0.1) is 0 Å². The lowest BCUT2D eigenvalue weighted by Crippen LogP contribution is -2.22. The molecule has 1 aliphatic carbocycles. The third-order valence-electron chi connectivity index (χ3n) is 2.97. The molecule has 0 radical (unpaired) electrons. The smallest absolute Gasteiger partial charge is 0.392 e. The fourth-order valence-corrected chi connectivity index (χ4v) is 2.93. The van der Waals surface area contributed by atoms with E-state index in [2.05, 4.69) is 0 Å². The van der Waals surface area contributed by atoms with E-state index in [0.717, 1.165) is 0 Å². The molecule has 0 aromatic heterocycles. The van der Waals surface area contributed by atoms with E-state index in [4.69, 9.17) is 0 Å². The molecule has 2 nitrogen and oxygen atoms in total. The van der Waals surface area contributed by atoms with Crippen LogP contribution in [-0.4, -0.2) is 34.7 Å². The van der Waals surface area contributed by atoms with E-state index in [9.17, 15) is 23.1 Å². The van der Waals surface area contributed by atoms with Crippen LogP contribution < -0.4 is 0 Å². The summed E-state index contributed by atoms with van der Waals surface area (Å²) in [7, 11) is 0. The van der Waals surface area contributed by atoms with Gasteiger partial charge in [-0.2, -0.15) is 24.9 Å². The minimum absolute atomic E-state index is 0.0405. The molecule has 0 unspecified atom stereocenters. The highest BCUT2D eigenvalue weighted by atomic mass is 32.2. The molecule has 1 fully saturated rings. The van der Waals surface area contributed by atoms with Gasteiger partial charge < -0.3 is 5.11 Å². The predicted octanol–water partition coefficient (Wildman–Crippen LogP) is 2.40. The van der Waals surface area contributed by atoms with Gasteiger partial charge in [-0.1, -0.05) is 0 Å². The Balaban J connectivity index is 2.33. The Bertz CT molecular complexity index is 255. The van der Waals surface area contributed by atoms with Crippen LogP contribution in [0.5, 0.6) is 0 Å². The molecule has 0 amide bonds. The minimum Gasteiger partial charge on any atom is -0.392 e. The average molecular weight is 256 g/mol. The summed E-state index contributed by atoms with van der Waals surface area (Å²) in [6.45, 7) is 0. The Morgan fingerprint density at radius 3 is 2.50 bits per heavy atom. The summed E-state index contributed by atoms with van der Waals surface area (Å²) in [5, 5.41) is 9.66. The van der Waals surface area contributed by atoms with Crippen molar-refractivity contribution in [2.75, 3.05) is 6.26 Å². The van der Waals surface area contributed by atoms with Gasteiger partial charge in [0.15, 0.2) is 0 Å². The molecule has 1 saturated carbocycles. The average Bonchev–Trinajstić information content (AvgIpc) is 2.54. The Morgan fingerprint density at radius 2 is 2.06 bits per heavy atom. The van der Waals surface area contributed by atoms with Crippen molar-refractivity contribution in [2.24, 2.45) is 5.92 Å². The van der Waals surface area contributed by atoms with E-state index in [1.807, 2.05) is 6.26 Å². The van der Waals surface area contributed by atoms with Gasteiger partial charge >= 0.3 is 6.18 Å². The van der Waals surface area contributed by atoms with Gasteiger partial charge in [0.05, 0.1) is 6.10 Å². The number of thioether (sulfide) groups is 1. The van der Waals surface area contributed by atoms with Gasteiger partial charge in [-0.25, -0.2) is 0 Å². The molecular weight excluding hydrogens is 241 g/mol. The molecule has 0 heterocycles. The highest BCUT2D eigenvalue weighted by Gasteiger charge is 2.39. The first kappa shape index (κ1) is 13.8. The van der Waals surface area contributed by atoms with Crippen molar-refractivity contribution < 1.29 is 23.1 Å². The van der Waals surface area contributed by atoms with Gasteiger partial charge in [0.25, 0.3) is 0 Å². The molecule has 16 heavy (non-hydrogen) atoms. The number of aliphatic hydroxyl groups is 1. The van der Waals surface area contributed by atoms with Crippen molar-refractivity contribution in [3.63, 3.8) is 0 Å². The van der Waals surface area contributed by atoms with Crippen molar-refractivity contribution in [1.82, 2.24) is 0 Å². The lowest BCUT2D eigenvalue weighted by atomic mass is 10.00. The van der Waals surface area contributed by atoms with Crippen LogP contribution >= 0.6 is 11.8 Å². The van der Waals surface area contributed by atoms with Crippen LogP contribution in [-0.2, 0) is 4.79 Å². The second kappa shape index (κ2) is 5.40. The molecule has 3 atom stereocenters. The summed E-state index contributed by atoms with van der Waals surface area (Å²) in [6, 6.07) is 0. The van der Waals surface area contributed by atoms with Gasteiger partial charge in [0.1, 0.15) is 0 Å². The van der Waals surface area contributed by atoms with Crippen LogP contribution in [0.25, 0.3) is 0 Å². The first-order valence-corrected chi connectivity index (χ1v) is 6.44. The van der Waals surface area contributed by atoms with Crippen molar-refractivity contribution in [3.05, 3.63) is 0 Å². The summed E-state index contributed by atoms with van der Waals surface area (Å²) in [6.07, 6.45) is -2.30. The number of rotatable bonds is 4. The fourth-order valence-electron chi connectivity index (χ4n) is 2.04. The predicted molar refractivity (Wildman–Crippen MR) is 56.3 cm³/mol. The van der Waals surface area contributed by atoms with Crippen LogP contribution in [0.3, 0.4) is 0 Å². The first-order chi connectivity index (χ1) is 7.34. The summed E-state index contributed by atoms with van der Waals surface area (Å²) in [5.41, 5.74) is 0. The standard InChI is InChI=1S/C10H15F3O2S/c1-16-8-5-6(4-7(8)14)2-3-9(15)10(11,12)13/h6-8,14H,2-5H2,1H3/t6-,7+,8+/m0/s1. The number of ketones is 1. The molecule has 6 heteroatoms. The maximum atomic E-state index is 11.9. The molecule has 1 rings (SSSR count). The number of carbonyl (C=O) groups is 1. The summed E-state index contributed by atoms with van der Waals surface area (Å²) in [4.78, 5) is 10.7. The van der Waals surface area contributed by atoms with Gasteiger partial charge in [-0.05, 0) is 31.4 Å². The third-order valence-corrected chi connectivity index (χ3v) is 4.08. The zero-order valence-electron chi connectivity index (χ0n) is 8.96. The second-order valence-electron chi connectivity index (χ2n) is 4.14. The number of halogens is 3. The molecule has 0 bridgehead atoms. The van der Waals surface area contributed by atoms with E-state index in [-0.39, 0.29) is 17.6 Å². The van der Waals surface area contributed by atoms with E-state index >= 15 is 0 Å². The molecule has 94 valence electrons. The van der Waals surface area contributed by atoms with Crippen LogP contribution in [0.2, 0.25) is 0 Å². The van der Waals surface area contributed by atoms with E-state index < -0.39 is 24.5 Å². The van der Waals surface area contributed by atoms with Crippen LogP contribution in [0.4, 0.5) is 13.2 Å². The Morgan fingerprint density at radius 1 is 1.44 bits per heavy atom. The molecule has 0 spiro atoms. The quantitative estimate of drug-likeness (QED) is 0.839. The summed E-state index contributed by atoms with van der Waals surface area (Å²) < 4.78 is 35.8. The van der Waals surface area contributed by atoms with E-state index in [0.29, 0.717) is 12.8 Å². The van der Waals surface area contributed by atoms with Crippen molar-refractivity contribution in [3.8, 4) is 0 Å². The number of hydrogen-bond acceptors (Lipinski definition) is 3. The van der Waals surface area contributed by atoms with E-state index in [1.54, 1.807) is 0 Å². The van der Waals surface area contributed by atoms with Gasteiger partial charge in [0.2, 0.25) is 5.78 Å². The largest absolute Gasteiger partial charge is 0.449 e. The third kappa shape index (κ3) is 3.66. The number of aliphatic hydroxyl groups excluding tert-OH is 1. The Hall–Kier alpha value is -0.230. The maximum absolute atomic E-state index is 11.9. The zero-order chi connectivity index (χ0) is 12.3. The molecular formula is C10H15F3O2S. The van der Waals surface area contributed by atoms with Crippen LogP contribution in [0.1, 0.15) is 25.7 Å². The highest BCUT2D eigenvalue weighted by Crippen LogP contribution is 2.36. The van der Waals surface area contributed by atoms with Crippen molar-refractivity contribution >= 4 is 17.5 Å². The van der Waals surface area contributed by atoms with Gasteiger partial charge in [0, 0.05) is 11.7 Å². The zero-order valence-corrected chi connectivity index (χ0v) is 9.77. The van der Waals surface area contributed by atoms with Crippen LogP contribution in [0.15, 0.2) is 0 Å². The molecule has 0 aromatic rings. The topological polar surface area (TPSA) is 37.3 Å². The van der Waals surface area contributed by atoms with Gasteiger partial charge in [-0.3, -0.25) is 4.79 Å². The molecule has 0 aliphatic heterocycles. The second-order valence-corrected chi connectivity index (χ2v) is 5.22. The molecule has 1 N–H and O–H groups in total. The number of alkyl halides is 3. The molecule has 0 saturated heterocycles. The number of Topliss-reactive ketones (excluding diaryl/α,β-unsaturated/α-hetero) is 1. The fraction of sp³-hybridized carbons (Fsp3) is 0.900. The molecule has 1 aliphatic rings. The summed E-state index contributed by atoms with van der Waals surface area (Å²) in [5.74, 6) is -1.62. The monoisotopic (exact) mass is 256 g/mol. The lowest BCUT2D eigenvalue weighted by molar-refractivity contribution is -0.171. The molecule has 0 aromatic carbocycles. The van der Waals surface area contributed by atoms with Crippen molar-refractivity contribution in [2.45, 2.75) is 43.2 Å². The van der Waals surface area contributed by atoms with Crippen molar-refractivity contribution in [1.29, 1.82) is 0 Å². The number of carbonyl (C=O) groups excluding carboxylic acids is 1. The Labute approximate surface area is 96.6 Å². The summed E-state index contributed by atoms with van der Waals surface area (Å²) >= 11 is 1.53. The number of hydrogen-bond donors (Lipinski definition) is 1. The minimum atomic E-state index is -4.71. The maximum Gasteiger partial charge on any atom is 0.449 e.